The quantitative estimate of drug-likeness (QED) is 0.851. The van der Waals surface area contributed by atoms with E-state index in [9.17, 15) is 0 Å². The second-order valence-corrected chi connectivity index (χ2v) is 4.78. The lowest BCUT2D eigenvalue weighted by molar-refractivity contribution is 0.331. The van der Waals surface area contributed by atoms with Crippen LogP contribution < -0.4 is 0 Å². The third-order valence-corrected chi connectivity index (χ3v) is 3.46. The second kappa shape index (κ2) is 4.76. The summed E-state index contributed by atoms with van der Waals surface area (Å²) in [6.45, 7) is 3.61. The Labute approximate surface area is 102 Å². The topological polar surface area (TPSA) is 19.0 Å². The Bertz CT molecular complexity index is 467. The number of aromatic amines is 1. The van der Waals surface area contributed by atoms with Gasteiger partial charge in [-0.15, -0.1) is 0 Å². The number of rotatable bonds is 3. The Hall–Kier alpha value is -1.54. The molecule has 2 nitrogen and oxygen atoms in total. The van der Waals surface area contributed by atoms with Gasteiger partial charge in [0.15, 0.2) is 0 Å². The summed E-state index contributed by atoms with van der Waals surface area (Å²) in [5, 5.41) is 0. The summed E-state index contributed by atoms with van der Waals surface area (Å²) in [4.78, 5) is 5.65. The van der Waals surface area contributed by atoms with Gasteiger partial charge in [-0.1, -0.05) is 18.2 Å². The van der Waals surface area contributed by atoms with Crippen molar-refractivity contribution >= 4 is 0 Å². The molecular formula is C15H18N2. The van der Waals surface area contributed by atoms with Crippen LogP contribution >= 0.6 is 0 Å². The number of likely N-dealkylation sites (tertiary alicyclic amines) is 1. The van der Waals surface area contributed by atoms with Crippen LogP contribution in [0.25, 0.3) is 11.1 Å². The summed E-state index contributed by atoms with van der Waals surface area (Å²) in [6.07, 6.45) is 6.74. The summed E-state index contributed by atoms with van der Waals surface area (Å²) < 4.78 is 0. The standard InChI is InChI=1S/C15H18N2/c1-2-9-17(8-1)12-13-4-3-5-14(10-13)15-6-7-16-11-15/h3-7,10-11,16H,1-2,8-9,12H2. The first kappa shape index (κ1) is 10.6. The van der Waals surface area contributed by atoms with Crippen LogP contribution in [0.2, 0.25) is 0 Å². The van der Waals surface area contributed by atoms with Crippen LogP contribution in [0.5, 0.6) is 0 Å². The number of aromatic nitrogens is 1. The number of hydrogen-bond acceptors (Lipinski definition) is 1. The van der Waals surface area contributed by atoms with Crippen molar-refractivity contribution in [2.24, 2.45) is 0 Å². The molecule has 0 amide bonds. The zero-order valence-electron chi connectivity index (χ0n) is 10.0. The maximum Gasteiger partial charge on any atom is 0.0233 e. The lowest BCUT2D eigenvalue weighted by Crippen LogP contribution is -2.18. The van der Waals surface area contributed by atoms with E-state index in [1.54, 1.807) is 0 Å². The fourth-order valence-electron chi connectivity index (χ4n) is 2.55. The minimum Gasteiger partial charge on any atom is -0.367 e. The molecule has 1 saturated heterocycles. The highest BCUT2D eigenvalue weighted by Gasteiger charge is 2.11. The molecule has 2 aromatic rings. The van der Waals surface area contributed by atoms with Crippen molar-refractivity contribution in [2.75, 3.05) is 13.1 Å². The smallest absolute Gasteiger partial charge is 0.0233 e. The average Bonchev–Trinajstić information content (AvgIpc) is 3.01. The van der Waals surface area contributed by atoms with E-state index in [0.29, 0.717) is 0 Å². The van der Waals surface area contributed by atoms with Crippen molar-refractivity contribution in [2.45, 2.75) is 19.4 Å². The highest BCUT2D eigenvalue weighted by molar-refractivity contribution is 5.63. The molecule has 3 rings (SSSR count). The Morgan fingerprint density at radius 2 is 1.94 bits per heavy atom. The maximum absolute atomic E-state index is 3.11. The van der Waals surface area contributed by atoms with Crippen LogP contribution in [-0.2, 0) is 6.54 Å². The van der Waals surface area contributed by atoms with Gasteiger partial charge in [0.1, 0.15) is 0 Å². The van der Waals surface area contributed by atoms with E-state index in [1.165, 1.54) is 42.6 Å². The van der Waals surface area contributed by atoms with Crippen LogP contribution in [-0.4, -0.2) is 23.0 Å². The van der Waals surface area contributed by atoms with Crippen molar-refractivity contribution in [3.8, 4) is 11.1 Å². The minimum atomic E-state index is 1.10. The molecule has 2 heterocycles. The summed E-state index contributed by atoms with van der Waals surface area (Å²) in [7, 11) is 0. The molecule has 88 valence electrons. The molecule has 1 N–H and O–H groups in total. The summed E-state index contributed by atoms with van der Waals surface area (Å²) in [6, 6.07) is 11.0. The molecule has 0 radical (unpaired) electrons. The normalized spacial score (nSPS) is 16.5. The zero-order valence-corrected chi connectivity index (χ0v) is 10.0. The molecule has 1 aromatic heterocycles. The van der Waals surface area contributed by atoms with E-state index in [1.807, 2.05) is 6.20 Å². The first-order chi connectivity index (χ1) is 8.42. The monoisotopic (exact) mass is 226 g/mol. The van der Waals surface area contributed by atoms with E-state index in [-0.39, 0.29) is 0 Å². The van der Waals surface area contributed by atoms with Gasteiger partial charge in [-0.3, -0.25) is 4.90 Å². The van der Waals surface area contributed by atoms with Crippen molar-refractivity contribution in [1.29, 1.82) is 0 Å². The summed E-state index contributed by atoms with van der Waals surface area (Å²) in [5.74, 6) is 0. The predicted molar refractivity (Wildman–Crippen MR) is 70.7 cm³/mol. The summed E-state index contributed by atoms with van der Waals surface area (Å²) in [5.41, 5.74) is 4.00. The Morgan fingerprint density at radius 3 is 2.71 bits per heavy atom. The highest BCUT2D eigenvalue weighted by atomic mass is 15.1. The number of nitrogens with one attached hydrogen (secondary N) is 1. The molecule has 17 heavy (non-hydrogen) atoms. The highest BCUT2D eigenvalue weighted by Crippen LogP contribution is 2.21. The first-order valence-corrected chi connectivity index (χ1v) is 6.36. The molecule has 1 aliphatic heterocycles. The Kier molecular flexibility index (Phi) is 2.97. The molecule has 0 bridgehead atoms. The van der Waals surface area contributed by atoms with E-state index in [2.05, 4.69) is 46.4 Å². The van der Waals surface area contributed by atoms with E-state index in [0.717, 1.165) is 6.54 Å². The summed E-state index contributed by atoms with van der Waals surface area (Å²) >= 11 is 0. The SMILES string of the molecule is c1cc(CN2CCCC2)cc(-c2cc[nH]c2)c1. The van der Waals surface area contributed by atoms with Gasteiger partial charge in [-0.05, 0) is 54.8 Å². The van der Waals surface area contributed by atoms with Gasteiger partial charge < -0.3 is 4.98 Å². The van der Waals surface area contributed by atoms with E-state index in [4.69, 9.17) is 0 Å². The molecule has 0 unspecified atom stereocenters. The molecule has 0 aliphatic carbocycles. The van der Waals surface area contributed by atoms with Crippen LogP contribution in [0.3, 0.4) is 0 Å². The molecule has 0 atom stereocenters. The van der Waals surface area contributed by atoms with E-state index < -0.39 is 0 Å². The minimum absolute atomic E-state index is 1.10. The van der Waals surface area contributed by atoms with Crippen LogP contribution in [0.4, 0.5) is 0 Å². The van der Waals surface area contributed by atoms with Gasteiger partial charge in [-0.25, -0.2) is 0 Å². The number of hydrogen-bond donors (Lipinski definition) is 1. The van der Waals surface area contributed by atoms with Gasteiger partial charge in [0, 0.05) is 18.9 Å². The van der Waals surface area contributed by atoms with Gasteiger partial charge in [-0.2, -0.15) is 0 Å². The average molecular weight is 226 g/mol. The van der Waals surface area contributed by atoms with Crippen LogP contribution in [0.1, 0.15) is 18.4 Å². The van der Waals surface area contributed by atoms with Gasteiger partial charge >= 0.3 is 0 Å². The van der Waals surface area contributed by atoms with Crippen molar-refractivity contribution < 1.29 is 0 Å². The molecule has 2 heteroatoms. The maximum atomic E-state index is 3.11. The molecule has 1 fully saturated rings. The lowest BCUT2D eigenvalue weighted by atomic mass is 10.1. The van der Waals surface area contributed by atoms with Gasteiger partial charge in [0.2, 0.25) is 0 Å². The van der Waals surface area contributed by atoms with E-state index >= 15 is 0 Å². The number of benzene rings is 1. The largest absolute Gasteiger partial charge is 0.367 e. The third kappa shape index (κ3) is 2.42. The van der Waals surface area contributed by atoms with Crippen molar-refractivity contribution in [1.82, 2.24) is 9.88 Å². The second-order valence-electron chi connectivity index (χ2n) is 4.78. The lowest BCUT2D eigenvalue weighted by Gasteiger charge is -2.14. The van der Waals surface area contributed by atoms with Crippen LogP contribution in [0, 0.1) is 0 Å². The molecule has 1 aliphatic rings. The van der Waals surface area contributed by atoms with Gasteiger partial charge in [0.05, 0.1) is 0 Å². The van der Waals surface area contributed by atoms with Crippen molar-refractivity contribution in [3.63, 3.8) is 0 Å². The Morgan fingerprint density at radius 1 is 1.06 bits per heavy atom. The molecule has 1 aromatic carbocycles. The van der Waals surface area contributed by atoms with Crippen LogP contribution in [0.15, 0.2) is 42.7 Å². The first-order valence-electron chi connectivity index (χ1n) is 6.36. The fraction of sp³-hybridized carbons (Fsp3) is 0.333. The Balaban J connectivity index is 1.79. The van der Waals surface area contributed by atoms with Gasteiger partial charge in [0.25, 0.3) is 0 Å². The predicted octanol–water partition coefficient (Wildman–Crippen LogP) is 3.28. The van der Waals surface area contributed by atoms with Crippen molar-refractivity contribution in [3.05, 3.63) is 48.3 Å². The number of nitrogens with zero attached hydrogens (tertiary/aromatic N) is 1. The number of H-pyrrole nitrogens is 1. The zero-order chi connectivity index (χ0) is 11.5. The molecular weight excluding hydrogens is 208 g/mol. The fourth-order valence-corrected chi connectivity index (χ4v) is 2.55. The third-order valence-electron chi connectivity index (χ3n) is 3.46. The molecule has 0 saturated carbocycles. The molecule has 0 spiro atoms.